The Hall–Kier alpha value is -0.790. The van der Waals surface area contributed by atoms with Crippen LogP contribution in [-0.2, 0) is 0 Å². The minimum Gasteiger partial charge on any atom is -0.403 e. The smallest absolute Gasteiger partial charge is 0.0422 e. The highest BCUT2D eigenvalue weighted by atomic mass is 14.7. The Morgan fingerprint density at radius 3 is 2.31 bits per heavy atom. The summed E-state index contributed by atoms with van der Waals surface area (Å²) in [5.74, 6) is 0.524. The Kier molecular flexibility index (Phi) is 4.74. The molecule has 0 aromatic carbocycles. The third-order valence-corrected chi connectivity index (χ3v) is 2.15. The largest absolute Gasteiger partial charge is 0.403 e. The molecular weight excluding hydrogens is 160 g/mol. The molecule has 2 N–H and O–H groups in total. The number of aliphatic imine (C=N–C) groups is 1. The van der Waals surface area contributed by atoms with Gasteiger partial charge in [0.05, 0.1) is 0 Å². The minimum atomic E-state index is 0.134. The second kappa shape index (κ2) is 5.05. The van der Waals surface area contributed by atoms with Crippen molar-refractivity contribution in [2.75, 3.05) is 0 Å². The summed E-state index contributed by atoms with van der Waals surface area (Å²) in [5, 5.41) is 0. The van der Waals surface area contributed by atoms with Crippen molar-refractivity contribution >= 4 is 5.71 Å². The zero-order chi connectivity index (χ0) is 10.5. The van der Waals surface area contributed by atoms with Crippen molar-refractivity contribution < 1.29 is 0 Å². The summed E-state index contributed by atoms with van der Waals surface area (Å²) < 4.78 is 0. The average molecular weight is 182 g/mol. The summed E-state index contributed by atoms with van der Waals surface area (Å²) in [6.07, 6.45) is 4.27. The van der Waals surface area contributed by atoms with Gasteiger partial charge < -0.3 is 5.73 Å². The lowest BCUT2D eigenvalue weighted by molar-refractivity contribution is 0.539. The summed E-state index contributed by atoms with van der Waals surface area (Å²) >= 11 is 0. The van der Waals surface area contributed by atoms with Gasteiger partial charge in [0.1, 0.15) is 0 Å². The highest BCUT2D eigenvalue weighted by Crippen LogP contribution is 2.23. The van der Waals surface area contributed by atoms with Gasteiger partial charge in [-0.2, -0.15) is 0 Å². The zero-order valence-corrected chi connectivity index (χ0v) is 9.46. The summed E-state index contributed by atoms with van der Waals surface area (Å²) in [5.41, 5.74) is 6.63. The van der Waals surface area contributed by atoms with Crippen LogP contribution in [0.25, 0.3) is 0 Å². The average Bonchev–Trinajstić information content (AvgIpc) is 2.02. The molecule has 0 rings (SSSR count). The summed E-state index contributed by atoms with van der Waals surface area (Å²) in [6, 6.07) is 0. The van der Waals surface area contributed by atoms with Crippen LogP contribution in [0.2, 0.25) is 0 Å². The highest BCUT2D eigenvalue weighted by molar-refractivity contribution is 5.91. The van der Waals surface area contributed by atoms with Gasteiger partial charge in [0, 0.05) is 23.5 Å². The van der Waals surface area contributed by atoms with Gasteiger partial charge in [0.15, 0.2) is 0 Å². The zero-order valence-electron chi connectivity index (χ0n) is 9.46. The van der Waals surface area contributed by atoms with E-state index in [0.717, 1.165) is 6.42 Å². The first-order valence-corrected chi connectivity index (χ1v) is 4.88. The maximum absolute atomic E-state index is 5.27. The lowest BCUT2D eigenvalue weighted by Gasteiger charge is -2.25. The molecule has 0 aromatic rings. The van der Waals surface area contributed by atoms with E-state index in [4.69, 9.17) is 5.73 Å². The Labute approximate surface area is 81.9 Å². The highest BCUT2D eigenvalue weighted by Gasteiger charge is 2.22. The van der Waals surface area contributed by atoms with Crippen LogP contribution in [0, 0.1) is 11.3 Å². The fourth-order valence-electron chi connectivity index (χ4n) is 1.38. The predicted molar refractivity (Wildman–Crippen MR) is 59.7 cm³/mol. The van der Waals surface area contributed by atoms with Crippen LogP contribution in [-0.4, -0.2) is 5.71 Å². The van der Waals surface area contributed by atoms with E-state index in [0.29, 0.717) is 5.92 Å². The fraction of sp³-hybridized carbons (Fsp3) is 0.727. The van der Waals surface area contributed by atoms with Crippen molar-refractivity contribution in [2.45, 2.75) is 41.0 Å². The van der Waals surface area contributed by atoms with Crippen LogP contribution >= 0.6 is 0 Å². The van der Waals surface area contributed by atoms with Crippen LogP contribution in [0.15, 0.2) is 17.4 Å². The molecule has 0 spiro atoms. The van der Waals surface area contributed by atoms with Crippen LogP contribution in [0.3, 0.4) is 0 Å². The standard InChI is InChI=1S/C11H22N2/c1-6-9(2)10(11(3,4)5)13-8-7-12/h7-9H,6,12H2,1-5H3/b8-7-,13-10?. The van der Waals surface area contributed by atoms with Crippen LogP contribution in [0.1, 0.15) is 41.0 Å². The van der Waals surface area contributed by atoms with Crippen molar-refractivity contribution in [1.29, 1.82) is 0 Å². The SMILES string of the molecule is CCC(C)C(=N/C=C\N)C(C)(C)C. The first-order valence-electron chi connectivity index (χ1n) is 4.88. The summed E-state index contributed by atoms with van der Waals surface area (Å²) in [6.45, 7) is 10.9. The van der Waals surface area contributed by atoms with Gasteiger partial charge in [-0.15, -0.1) is 0 Å². The molecule has 0 bridgehead atoms. The van der Waals surface area contributed by atoms with Gasteiger partial charge in [-0.05, 0) is 12.3 Å². The van der Waals surface area contributed by atoms with E-state index in [1.165, 1.54) is 11.9 Å². The van der Waals surface area contributed by atoms with Gasteiger partial charge >= 0.3 is 0 Å². The molecule has 0 fully saturated rings. The van der Waals surface area contributed by atoms with Crippen molar-refractivity contribution in [3.8, 4) is 0 Å². The molecule has 0 radical (unpaired) electrons. The van der Waals surface area contributed by atoms with E-state index in [-0.39, 0.29) is 5.41 Å². The number of hydrogen-bond donors (Lipinski definition) is 1. The van der Waals surface area contributed by atoms with E-state index in [1.54, 1.807) is 6.20 Å². The number of nitrogens with zero attached hydrogens (tertiary/aromatic N) is 1. The van der Waals surface area contributed by atoms with E-state index in [1.807, 2.05) is 0 Å². The van der Waals surface area contributed by atoms with Gasteiger partial charge in [-0.25, -0.2) is 0 Å². The lowest BCUT2D eigenvalue weighted by Crippen LogP contribution is -2.26. The van der Waals surface area contributed by atoms with Crippen molar-refractivity contribution in [3.05, 3.63) is 12.4 Å². The second-order valence-corrected chi connectivity index (χ2v) is 4.42. The van der Waals surface area contributed by atoms with Gasteiger partial charge in [-0.3, -0.25) is 4.99 Å². The van der Waals surface area contributed by atoms with Gasteiger partial charge in [0.25, 0.3) is 0 Å². The fourth-order valence-corrected chi connectivity index (χ4v) is 1.38. The third-order valence-electron chi connectivity index (χ3n) is 2.15. The van der Waals surface area contributed by atoms with E-state index >= 15 is 0 Å². The molecule has 0 aliphatic rings. The maximum atomic E-state index is 5.27. The van der Waals surface area contributed by atoms with E-state index in [9.17, 15) is 0 Å². The molecule has 0 aliphatic heterocycles. The van der Waals surface area contributed by atoms with Crippen LogP contribution < -0.4 is 5.73 Å². The molecule has 0 saturated carbocycles. The molecular formula is C11H22N2. The Bertz CT molecular complexity index is 197. The lowest BCUT2D eigenvalue weighted by atomic mass is 9.82. The minimum absolute atomic E-state index is 0.134. The Morgan fingerprint density at radius 2 is 2.00 bits per heavy atom. The van der Waals surface area contributed by atoms with E-state index in [2.05, 4.69) is 39.6 Å². The molecule has 76 valence electrons. The molecule has 0 heterocycles. The molecule has 1 unspecified atom stereocenters. The second-order valence-electron chi connectivity index (χ2n) is 4.42. The molecule has 0 aromatic heterocycles. The third kappa shape index (κ3) is 4.11. The molecule has 1 atom stereocenters. The first kappa shape index (κ1) is 12.2. The number of rotatable bonds is 3. The first-order chi connectivity index (χ1) is 5.93. The van der Waals surface area contributed by atoms with Crippen molar-refractivity contribution in [3.63, 3.8) is 0 Å². The maximum Gasteiger partial charge on any atom is 0.0422 e. The topological polar surface area (TPSA) is 38.4 Å². The normalized spacial score (nSPS) is 16.5. The molecule has 0 saturated heterocycles. The molecule has 2 heteroatoms. The number of nitrogens with two attached hydrogens (primary N) is 1. The van der Waals surface area contributed by atoms with Crippen molar-refractivity contribution in [1.82, 2.24) is 0 Å². The quantitative estimate of drug-likeness (QED) is 0.669. The Morgan fingerprint density at radius 1 is 1.46 bits per heavy atom. The van der Waals surface area contributed by atoms with Gasteiger partial charge in [-0.1, -0.05) is 34.6 Å². The molecule has 0 amide bonds. The number of hydrogen-bond acceptors (Lipinski definition) is 2. The van der Waals surface area contributed by atoms with Gasteiger partial charge in [0.2, 0.25) is 0 Å². The molecule has 13 heavy (non-hydrogen) atoms. The van der Waals surface area contributed by atoms with Crippen molar-refractivity contribution in [2.24, 2.45) is 22.1 Å². The van der Waals surface area contributed by atoms with Crippen LogP contribution in [0.5, 0.6) is 0 Å². The molecule has 2 nitrogen and oxygen atoms in total. The Balaban J connectivity index is 4.76. The van der Waals surface area contributed by atoms with Crippen LogP contribution in [0.4, 0.5) is 0 Å². The predicted octanol–water partition coefficient (Wildman–Crippen LogP) is 2.95. The molecule has 0 aliphatic carbocycles. The monoisotopic (exact) mass is 182 g/mol. The summed E-state index contributed by atoms with van der Waals surface area (Å²) in [7, 11) is 0. The van der Waals surface area contributed by atoms with E-state index < -0.39 is 0 Å². The summed E-state index contributed by atoms with van der Waals surface area (Å²) in [4.78, 5) is 4.40.